The molecule has 3 heteroatoms. The quantitative estimate of drug-likeness (QED) is 0.707. The molecule has 0 N–H and O–H groups in total. The van der Waals surface area contributed by atoms with E-state index in [0.717, 1.165) is 18.8 Å². The molecule has 3 fully saturated rings. The minimum atomic E-state index is 0.487. The second kappa shape index (κ2) is 9.40. The van der Waals surface area contributed by atoms with E-state index in [9.17, 15) is 0 Å². The zero-order chi connectivity index (χ0) is 17.6. The van der Waals surface area contributed by atoms with E-state index in [1.165, 1.54) is 65.0 Å². The van der Waals surface area contributed by atoms with Crippen LogP contribution in [0, 0.1) is 29.6 Å². The number of hydrogen-bond acceptors (Lipinski definition) is 3. The highest BCUT2D eigenvalue weighted by atomic mass is 16.5. The number of likely N-dealkylation sites (tertiary alicyclic amines) is 2. The van der Waals surface area contributed by atoms with Crippen molar-refractivity contribution in [1.82, 2.24) is 9.80 Å². The number of nitrogens with zero attached hydrogens (tertiary/aromatic N) is 2. The number of ether oxygens (including phenoxy) is 1. The molecule has 142 valence electrons. The third-order valence-corrected chi connectivity index (χ3v) is 6.26. The van der Waals surface area contributed by atoms with Crippen molar-refractivity contribution in [3.8, 4) is 11.8 Å². The summed E-state index contributed by atoms with van der Waals surface area (Å²) >= 11 is 0. The van der Waals surface area contributed by atoms with Gasteiger partial charge in [-0.3, -0.25) is 0 Å². The molecule has 0 unspecified atom stereocenters. The predicted molar refractivity (Wildman–Crippen MR) is 105 cm³/mol. The molecule has 3 rings (SSSR count). The molecule has 3 aliphatic rings. The molecule has 3 nitrogen and oxygen atoms in total. The van der Waals surface area contributed by atoms with E-state index in [0.29, 0.717) is 24.0 Å². The summed E-state index contributed by atoms with van der Waals surface area (Å²) in [6.45, 7) is 14.3. The van der Waals surface area contributed by atoms with Crippen molar-refractivity contribution in [3.63, 3.8) is 0 Å². The average molecular weight is 347 g/mol. The van der Waals surface area contributed by atoms with Crippen LogP contribution in [0.2, 0.25) is 0 Å². The Balaban J connectivity index is 1.28. The van der Waals surface area contributed by atoms with E-state index >= 15 is 0 Å². The molecule has 1 saturated carbocycles. The van der Waals surface area contributed by atoms with Gasteiger partial charge in [-0.05, 0) is 64.1 Å². The maximum Gasteiger partial charge on any atom is 0.0603 e. The average Bonchev–Trinajstić information content (AvgIpc) is 2.58. The minimum absolute atomic E-state index is 0.487. The summed E-state index contributed by atoms with van der Waals surface area (Å²) in [7, 11) is 0. The van der Waals surface area contributed by atoms with E-state index in [1.807, 2.05) is 0 Å². The lowest BCUT2D eigenvalue weighted by atomic mass is 9.82. The first-order valence-corrected chi connectivity index (χ1v) is 10.7. The van der Waals surface area contributed by atoms with Crippen molar-refractivity contribution in [3.05, 3.63) is 0 Å². The fraction of sp³-hybridized carbons (Fsp3) is 0.909. The highest BCUT2D eigenvalue weighted by Gasteiger charge is 2.32. The van der Waals surface area contributed by atoms with Gasteiger partial charge in [0.1, 0.15) is 0 Å². The molecular weight excluding hydrogens is 308 g/mol. The zero-order valence-corrected chi connectivity index (χ0v) is 16.7. The van der Waals surface area contributed by atoms with Gasteiger partial charge in [-0.2, -0.15) is 0 Å². The van der Waals surface area contributed by atoms with Gasteiger partial charge in [0.15, 0.2) is 0 Å². The van der Waals surface area contributed by atoms with Crippen molar-refractivity contribution < 1.29 is 4.74 Å². The summed E-state index contributed by atoms with van der Waals surface area (Å²) in [5, 5.41) is 0. The largest absolute Gasteiger partial charge is 0.375 e. The molecule has 0 aromatic heterocycles. The Morgan fingerprint density at radius 2 is 1.56 bits per heavy atom. The summed E-state index contributed by atoms with van der Waals surface area (Å²) in [4.78, 5) is 5.29. The lowest BCUT2D eigenvalue weighted by Gasteiger charge is -2.40. The molecule has 25 heavy (non-hydrogen) atoms. The summed E-state index contributed by atoms with van der Waals surface area (Å²) < 4.78 is 6.33. The van der Waals surface area contributed by atoms with Crippen LogP contribution in [0.5, 0.6) is 0 Å². The van der Waals surface area contributed by atoms with E-state index in [-0.39, 0.29) is 0 Å². The van der Waals surface area contributed by atoms with Crippen molar-refractivity contribution in [1.29, 1.82) is 0 Å². The van der Waals surface area contributed by atoms with Crippen LogP contribution in [0.1, 0.15) is 59.3 Å². The summed E-state index contributed by atoms with van der Waals surface area (Å²) in [5.74, 6) is 8.73. The summed E-state index contributed by atoms with van der Waals surface area (Å²) in [6.07, 6.45) is 8.56. The maximum absolute atomic E-state index is 6.33. The van der Waals surface area contributed by atoms with Crippen LogP contribution in [0.15, 0.2) is 0 Å². The van der Waals surface area contributed by atoms with Crippen LogP contribution in [0.3, 0.4) is 0 Å². The summed E-state index contributed by atoms with van der Waals surface area (Å²) in [6, 6.07) is 0. The third kappa shape index (κ3) is 5.98. The third-order valence-electron chi connectivity index (χ3n) is 6.26. The highest BCUT2D eigenvalue weighted by molar-refractivity contribution is 5.10. The second-order valence-corrected chi connectivity index (χ2v) is 8.75. The van der Waals surface area contributed by atoms with Crippen molar-refractivity contribution in [2.45, 2.75) is 71.5 Å². The number of piperidine rings is 2. The Morgan fingerprint density at radius 1 is 0.920 bits per heavy atom. The lowest BCUT2D eigenvalue weighted by Crippen LogP contribution is -2.44. The Kier molecular flexibility index (Phi) is 7.22. The Labute approximate surface area is 155 Å². The predicted octanol–water partition coefficient (Wildman–Crippen LogP) is 3.64. The van der Waals surface area contributed by atoms with Crippen LogP contribution < -0.4 is 0 Å². The van der Waals surface area contributed by atoms with Gasteiger partial charge in [0.05, 0.1) is 12.2 Å². The molecule has 0 bridgehead atoms. The fourth-order valence-electron chi connectivity index (χ4n) is 4.43. The van der Waals surface area contributed by atoms with Gasteiger partial charge in [-0.15, -0.1) is 5.92 Å². The van der Waals surface area contributed by atoms with Crippen molar-refractivity contribution >= 4 is 0 Å². The molecule has 0 aromatic rings. The van der Waals surface area contributed by atoms with Gasteiger partial charge >= 0.3 is 0 Å². The van der Waals surface area contributed by atoms with Crippen LogP contribution >= 0.6 is 0 Å². The maximum atomic E-state index is 6.33. The molecule has 0 radical (unpaired) electrons. The van der Waals surface area contributed by atoms with Gasteiger partial charge in [0.2, 0.25) is 0 Å². The second-order valence-electron chi connectivity index (χ2n) is 8.75. The zero-order valence-electron chi connectivity index (χ0n) is 16.7. The lowest BCUT2D eigenvalue weighted by molar-refractivity contribution is -0.0858. The van der Waals surface area contributed by atoms with Gasteiger partial charge in [0.25, 0.3) is 0 Å². The van der Waals surface area contributed by atoms with Gasteiger partial charge in [-0.25, -0.2) is 0 Å². The van der Waals surface area contributed by atoms with Crippen LogP contribution in [0.4, 0.5) is 0 Å². The first-order chi connectivity index (χ1) is 12.1. The van der Waals surface area contributed by atoms with Gasteiger partial charge in [-0.1, -0.05) is 26.7 Å². The standard InChI is InChI=1S/C22H38N2O/c1-4-23-11-7-19(8-12-23)17-24-13-9-21(10-14-24)25-22-15-20(16-22)6-5-18(2)3/h18-22H,4,7-17H2,1-3H3. The Hall–Kier alpha value is -0.560. The molecule has 0 spiro atoms. The summed E-state index contributed by atoms with van der Waals surface area (Å²) in [5.41, 5.74) is 0. The SMILES string of the molecule is CCN1CCC(CN2CCC(OC3CC(C#CC(C)C)C3)CC2)CC1. The molecule has 0 aromatic carbocycles. The molecule has 1 aliphatic carbocycles. The van der Waals surface area contributed by atoms with E-state index < -0.39 is 0 Å². The number of hydrogen-bond donors (Lipinski definition) is 0. The minimum Gasteiger partial charge on any atom is -0.375 e. The highest BCUT2D eigenvalue weighted by Crippen LogP contribution is 2.32. The van der Waals surface area contributed by atoms with Gasteiger partial charge in [0, 0.05) is 31.5 Å². The van der Waals surface area contributed by atoms with E-state index in [2.05, 4.69) is 42.4 Å². The first-order valence-electron chi connectivity index (χ1n) is 10.7. The van der Waals surface area contributed by atoms with Crippen molar-refractivity contribution in [2.75, 3.05) is 39.3 Å². The Morgan fingerprint density at radius 3 is 2.16 bits per heavy atom. The smallest absolute Gasteiger partial charge is 0.0603 e. The monoisotopic (exact) mass is 346 g/mol. The van der Waals surface area contributed by atoms with Crippen molar-refractivity contribution in [2.24, 2.45) is 17.8 Å². The Bertz CT molecular complexity index is 444. The van der Waals surface area contributed by atoms with Gasteiger partial charge < -0.3 is 14.5 Å². The fourth-order valence-corrected chi connectivity index (χ4v) is 4.43. The molecule has 2 heterocycles. The number of rotatable bonds is 5. The molecule has 2 aliphatic heterocycles. The van der Waals surface area contributed by atoms with E-state index in [4.69, 9.17) is 4.74 Å². The molecular formula is C22H38N2O. The molecule has 2 saturated heterocycles. The topological polar surface area (TPSA) is 15.7 Å². The van der Waals surface area contributed by atoms with Crippen LogP contribution in [-0.4, -0.2) is 61.3 Å². The van der Waals surface area contributed by atoms with Crippen LogP contribution in [0.25, 0.3) is 0 Å². The molecule has 0 atom stereocenters. The normalized spacial score (nSPS) is 30.1. The molecule has 0 amide bonds. The van der Waals surface area contributed by atoms with E-state index in [1.54, 1.807) is 0 Å². The first kappa shape index (κ1) is 19.2. The van der Waals surface area contributed by atoms with Crippen LogP contribution in [-0.2, 0) is 4.74 Å².